The minimum Gasteiger partial charge on any atom is -0.508 e. The van der Waals surface area contributed by atoms with Gasteiger partial charge in [-0.15, -0.1) is 0 Å². The lowest BCUT2D eigenvalue weighted by atomic mass is 9.79. The molecule has 4 aliphatic rings. The van der Waals surface area contributed by atoms with E-state index in [1.54, 1.807) is 12.3 Å². The molecular formula is C33H33F2N5O2. The number of aromatic nitrogens is 3. The molecule has 1 unspecified atom stereocenters. The van der Waals surface area contributed by atoms with E-state index in [1.807, 2.05) is 0 Å². The van der Waals surface area contributed by atoms with Gasteiger partial charge in [-0.3, -0.25) is 9.88 Å². The number of phenolic OH excluding ortho intramolecular Hbond substituents is 1. The van der Waals surface area contributed by atoms with E-state index in [4.69, 9.17) is 9.72 Å². The fourth-order valence-electron chi connectivity index (χ4n) is 7.81. The monoisotopic (exact) mass is 569 g/mol. The summed E-state index contributed by atoms with van der Waals surface area (Å²) in [6.07, 6.45) is 4.82. The molecule has 5 aromatic rings. The van der Waals surface area contributed by atoms with Gasteiger partial charge in [0.2, 0.25) is 5.88 Å². The zero-order chi connectivity index (χ0) is 28.9. The SMILES string of the molecule is Cc1cc2c(O[C@@H](C)C3CCCN3C)nc3c(F)c(-c4cc(O)cc5ccc(F)cc45)ncc3c2n1[C@H]1[C@H]2CN[C@@H]1C2. The maximum absolute atomic E-state index is 16.7. The van der Waals surface area contributed by atoms with Crippen LogP contribution in [0.25, 0.3) is 43.8 Å². The number of hydrogen-bond donors (Lipinski definition) is 2. The van der Waals surface area contributed by atoms with Crippen LogP contribution in [0.4, 0.5) is 8.78 Å². The van der Waals surface area contributed by atoms with Crippen molar-refractivity contribution in [3.63, 3.8) is 0 Å². The number of nitrogens with zero attached hydrogens (tertiary/aromatic N) is 4. The Morgan fingerprint density at radius 1 is 1.12 bits per heavy atom. The molecule has 0 spiro atoms. The number of benzene rings is 2. The quantitative estimate of drug-likeness (QED) is 0.267. The summed E-state index contributed by atoms with van der Waals surface area (Å²) in [5.74, 6) is -0.191. The van der Waals surface area contributed by atoms with Crippen LogP contribution in [0.1, 0.15) is 37.9 Å². The fourth-order valence-corrected chi connectivity index (χ4v) is 7.81. The number of halogens is 2. The third-order valence-electron chi connectivity index (χ3n) is 9.89. The van der Waals surface area contributed by atoms with Crippen LogP contribution >= 0.6 is 0 Å². The normalized spacial score (nSPS) is 24.6. The van der Waals surface area contributed by atoms with Crippen molar-refractivity contribution in [1.29, 1.82) is 0 Å². The van der Waals surface area contributed by atoms with Crippen LogP contribution < -0.4 is 10.1 Å². The van der Waals surface area contributed by atoms with Crippen molar-refractivity contribution < 1.29 is 18.6 Å². The Morgan fingerprint density at radius 3 is 2.71 bits per heavy atom. The second-order valence-corrected chi connectivity index (χ2v) is 12.4. The third-order valence-corrected chi connectivity index (χ3v) is 9.89. The number of aromatic hydroxyl groups is 1. The third kappa shape index (κ3) is 3.76. The highest BCUT2D eigenvalue weighted by Gasteiger charge is 2.48. The molecule has 6 heterocycles. The summed E-state index contributed by atoms with van der Waals surface area (Å²) in [5, 5.41) is 16.6. The highest BCUT2D eigenvalue weighted by molar-refractivity contribution is 6.08. The zero-order valence-corrected chi connectivity index (χ0v) is 23.9. The molecule has 5 atom stereocenters. The molecule has 1 aliphatic carbocycles. The molecule has 2 bridgehead atoms. The second kappa shape index (κ2) is 9.34. The highest BCUT2D eigenvalue weighted by atomic mass is 19.1. The van der Waals surface area contributed by atoms with Gasteiger partial charge in [-0.2, -0.15) is 0 Å². The molecule has 0 radical (unpaired) electrons. The number of phenols is 1. The lowest BCUT2D eigenvalue weighted by Crippen LogP contribution is -2.39. The van der Waals surface area contributed by atoms with Crippen LogP contribution in [0.3, 0.4) is 0 Å². The Hall–Kier alpha value is -3.82. The van der Waals surface area contributed by atoms with Gasteiger partial charge in [-0.25, -0.2) is 13.8 Å². The number of rotatable bonds is 5. The molecular weight excluding hydrogens is 536 g/mol. The van der Waals surface area contributed by atoms with Gasteiger partial charge in [0.15, 0.2) is 5.82 Å². The summed E-state index contributed by atoms with van der Waals surface area (Å²) >= 11 is 0. The first-order valence-electron chi connectivity index (χ1n) is 14.8. The van der Waals surface area contributed by atoms with Crippen molar-refractivity contribution in [3.8, 4) is 22.9 Å². The average molecular weight is 570 g/mol. The first kappa shape index (κ1) is 25.9. The van der Waals surface area contributed by atoms with E-state index in [1.165, 1.54) is 24.3 Å². The average Bonchev–Trinajstić information content (AvgIpc) is 3.75. The lowest BCUT2D eigenvalue weighted by Gasteiger charge is -2.37. The number of ether oxygens (including phenoxy) is 1. The van der Waals surface area contributed by atoms with Crippen molar-refractivity contribution in [2.75, 3.05) is 20.1 Å². The van der Waals surface area contributed by atoms with Crippen molar-refractivity contribution >= 4 is 32.6 Å². The molecule has 2 aromatic carbocycles. The molecule has 1 saturated carbocycles. The molecule has 3 saturated heterocycles. The van der Waals surface area contributed by atoms with Crippen LogP contribution in [0.15, 0.2) is 42.6 Å². The van der Waals surface area contributed by atoms with Gasteiger partial charge < -0.3 is 19.7 Å². The molecule has 9 heteroatoms. The fraction of sp³-hybridized carbons (Fsp3) is 0.394. The lowest BCUT2D eigenvalue weighted by molar-refractivity contribution is 0.119. The van der Waals surface area contributed by atoms with Gasteiger partial charge in [0.05, 0.1) is 16.9 Å². The number of aryl methyl sites for hydroxylation is 1. The zero-order valence-electron chi connectivity index (χ0n) is 23.9. The molecule has 9 rings (SSSR count). The Bertz CT molecular complexity index is 1890. The van der Waals surface area contributed by atoms with E-state index in [0.29, 0.717) is 39.6 Å². The number of nitrogens with one attached hydrogen (secondary N) is 1. The van der Waals surface area contributed by atoms with Gasteiger partial charge in [0.25, 0.3) is 0 Å². The number of hydrogen-bond acceptors (Lipinski definition) is 6. The second-order valence-electron chi connectivity index (χ2n) is 12.4. The van der Waals surface area contributed by atoms with E-state index in [-0.39, 0.29) is 35.1 Å². The van der Waals surface area contributed by atoms with Crippen molar-refractivity contribution in [2.45, 2.75) is 57.3 Å². The molecule has 7 nitrogen and oxygen atoms in total. The van der Waals surface area contributed by atoms with Crippen LogP contribution in [-0.4, -0.2) is 62.9 Å². The first-order chi connectivity index (χ1) is 20.3. The van der Waals surface area contributed by atoms with E-state index in [2.05, 4.69) is 46.7 Å². The molecule has 3 aliphatic heterocycles. The summed E-state index contributed by atoms with van der Waals surface area (Å²) in [4.78, 5) is 11.7. The minimum absolute atomic E-state index is 0.00980. The molecule has 4 fully saturated rings. The Morgan fingerprint density at radius 2 is 1.98 bits per heavy atom. The van der Waals surface area contributed by atoms with Gasteiger partial charge in [0.1, 0.15) is 28.9 Å². The Balaban J connectivity index is 1.37. The highest BCUT2D eigenvalue weighted by Crippen LogP contribution is 2.48. The summed E-state index contributed by atoms with van der Waals surface area (Å²) < 4.78 is 40.0. The predicted molar refractivity (Wildman–Crippen MR) is 159 cm³/mol. The standard InChI is InChI=1S/C33H33F2N5O2/c1-16-9-24-32(40(16)31-19-11-26(31)36-14-19)25-15-37-29(23-13-21(41)10-18-6-7-20(34)12-22(18)23)28(35)30(25)38-33(24)42-17(2)27-5-4-8-39(27)3/h6-7,9-10,12-13,15,17,19,26-27,31,36,41H,4-5,8,11,14H2,1-3H3/t17-,19+,26+,27?,31-/m0/s1. The van der Waals surface area contributed by atoms with E-state index < -0.39 is 11.6 Å². The van der Waals surface area contributed by atoms with Gasteiger partial charge in [0, 0.05) is 41.5 Å². The number of fused-ring (bicyclic) bond motifs is 5. The first-order valence-corrected chi connectivity index (χ1v) is 14.8. The molecule has 42 heavy (non-hydrogen) atoms. The summed E-state index contributed by atoms with van der Waals surface area (Å²) in [5.41, 5.74) is 2.43. The van der Waals surface area contributed by atoms with Crippen LogP contribution in [0, 0.1) is 24.5 Å². The van der Waals surface area contributed by atoms with Crippen LogP contribution in [0.2, 0.25) is 0 Å². The smallest absolute Gasteiger partial charge is 0.223 e. The maximum Gasteiger partial charge on any atom is 0.223 e. The van der Waals surface area contributed by atoms with Crippen molar-refractivity contribution in [1.82, 2.24) is 24.8 Å². The van der Waals surface area contributed by atoms with Crippen molar-refractivity contribution in [2.24, 2.45) is 5.92 Å². The Labute approximate surface area is 242 Å². The van der Waals surface area contributed by atoms with Gasteiger partial charge in [-0.1, -0.05) is 6.07 Å². The van der Waals surface area contributed by atoms with Gasteiger partial charge >= 0.3 is 0 Å². The van der Waals surface area contributed by atoms with Crippen LogP contribution in [0.5, 0.6) is 11.6 Å². The Kier molecular flexibility index (Phi) is 5.75. The number of likely N-dealkylation sites (N-methyl/N-ethyl adjacent to an activating group) is 1. The van der Waals surface area contributed by atoms with E-state index in [9.17, 15) is 9.50 Å². The summed E-state index contributed by atoms with van der Waals surface area (Å²) in [6, 6.07) is 10.2. The maximum atomic E-state index is 16.7. The molecule has 216 valence electrons. The summed E-state index contributed by atoms with van der Waals surface area (Å²) in [7, 11) is 2.11. The minimum atomic E-state index is -0.624. The van der Waals surface area contributed by atoms with Crippen LogP contribution in [-0.2, 0) is 0 Å². The predicted octanol–water partition coefficient (Wildman–Crippen LogP) is 6.09. The molecule has 2 N–H and O–H groups in total. The van der Waals surface area contributed by atoms with E-state index >= 15 is 4.39 Å². The summed E-state index contributed by atoms with van der Waals surface area (Å²) in [6.45, 7) is 6.15. The molecule has 3 aromatic heterocycles. The van der Waals surface area contributed by atoms with Crippen molar-refractivity contribution in [3.05, 3.63) is 59.9 Å². The molecule has 0 amide bonds. The number of pyridine rings is 2. The van der Waals surface area contributed by atoms with Gasteiger partial charge in [-0.05, 0) is 93.7 Å². The largest absolute Gasteiger partial charge is 0.508 e. The topological polar surface area (TPSA) is 75.4 Å². The van der Waals surface area contributed by atoms with E-state index in [0.717, 1.165) is 48.9 Å². The number of likely N-dealkylation sites (tertiary alicyclic amines) is 1.